The largest absolute Gasteiger partial charge is 0.311 e. The summed E-state index contributed by atoms with van der Waals surface area (Å²) in [6.45, 7) is 18.8. The summed E-state index contributed by atoms with van der Waals surface area (Å²) in [5, 5.41) is 2.48. The molecule has 3 heterocycles. The molecule has 0 saturated carbocycles. The Labute approximate surface area is 484 Å². The van der Waals surface area contributed by atoms with E-state index in [-0.39, 0.29) is 28.4 Å². The molecule has 11 aromatic carbocycles. The third-order valence-corrected chi connectivity index (χ3v) is 19.0. The van der Waals surface area contributed by atoms with Crippen LogP contribution in [0.15, 0.2) is 267 Å². The number of hydrogen-bond acceptors (Lipinski definition) is 2. The van der Waals surface area contributed by atoms with Crippen molar-refractivity contribution in [2.75, 3.05) is 9.80 Å². The summed E-state index contributed by atoms with van der Waals surface area (Å²) >= 11 is 0. The van der Waals surface area contributed by atoms with Crippen LogP contribution in [0.2, 0.25) is 0 Å². The Hall–Kier alpha value is -9.12. The van der Waals surface area contributed by atoms with Crippen LogP contribution in [0, 0.1) is 0 Å². The summed E-state index contributed by atoms with van der Waals surface area (Å²) in [5.41, 5.74) is 23.6. The Kier molecular flexibility index (Phi) is 12.0. The van der Waals surface area contributed by atoms with Gasteiger partial charge in [0.15, 0.2) is 0 Å². The average molecular weight is 1060 g/mol. The van der Waals surface area contributed by atoms with Crippen LogP contribution < -0.4 is 26.2 Å². The van der Waals surface area contributed by atoms with Crippen LogP contribution in [0.5, 0.6) is 0 Å². The van der Waals surface area contributed by atoms with Crippen molar-refractivity contribution in [3.63, 3.8) is 0 Å². The Morgan fingerprint density at radius 3 is 0.902 bits per heavy atom. The lowest BCUT2D eigenvalue weighted by Gasteiger charge is -2.45. The summed E-state index contributed by atoms with van der Waals surface area (Å²) in [4.78, 5) is 5.18. The maximum Gasteiger partial charge on any atom is 0.252 e. The van der Waals surface area contributed by atoms with E-state index in [0.29, 0.717) is 0 Å². The Bertz CT molecular complexity index is 4090. The van der Waals surface area contributed by atoms with Crippen molar-refractivity contribution in [2.24, 2.45) is 0 Å². The summed E-state index contributed by atoms with van der Waals surface area (Å²) in [7, 11) is 0. The predicted molar refractivity (Wildman–Crippen MR) is 349 cm³/mol. The van der Waals surface area contributed by atoms with Crippen LogP contribution in [0.25, 0.3) is 27.5 Å². The first kappa shape index (κ1) is 51.1. The van der Waals surface area contributed by atoms with E-state index in [2.05, 4.69) is 337 Å². The van der Waals surface area contributed by atoms with Crippen molar-refractivity contribution < 1.29 is 0 Å². The highest BCUT2D eigenvalue weighted by Crippen LogP contribution is 2.49. The molecule has 14 rings (SSSR count). The van der Waals surface area contributed by atoms with Crippen molar-refractivity contribution in [3.05, 3.63) is 311 Å². The molecule has 2 aliphatic rings. The Morgan fingerprint density at radius 2 is 0.549 bits per heavy atom. The van der Waals surface area contributed by atoms with Gasteiger partial charge in [-0.1, -0.05) is 262 Å². The van der Waals surface area contributed by atoms with Gasteiger partial charge < -0.3 is 14.4 Å². The van der Waals surface area contributed by atoms with Gasteiger partial charge in [0.25, 0.3) is 6.71 Å². The van der Waals surface area contributed by atoms with Gasteiger partial charge in [-0.05, 0) is 122 Å². The van der Waals surface area contributed by atoms with Gasteiger partial charge in [0.2, 0.25) is 0 Å². The molecule has 0 bridgehead atoms. The van der Waals surface area contributed by atoms with Crippen molar-refractivity contribution >= 4 is 79.0 Å². The Balaban J connectivity index is 1.08. The first-order valence-corrected chi connectivity index (χ1v) is 29.2. The van der Waals surface area contributed by atoms with Gasteiger partial charge in [-0.3, -0.25) is 0 Å². The highest BCUT2D eigenvalue weighted by atomic mass is 15.2. The predicted octanol–water partition coefficient (Wildman–Crippen LogP) is 18.2. The van der Waals surface area contributed by atoms with Crippen molar-refractivity contribution in [3.8, 4) is 5.69 Å². The number of rotatable bonds is 11. The van der Waals surface area contributed by atoms with Crippen molar-refractivity contribution in [1.82, 2.24) is 4.57 Å². The molecule has 4 heteroatoms. The van der Waals surface area contributed by atoms with Gasteiger partial charge in [0, 0.05) is 66.6 Å². The van der Waals surface area contributed by atoms with Crippen LogP contribution in [-0.2, 0) is 21.7 Å². The molecule has 0 fully saturated rings. The van der Waals surface area contributed by atoms with E-state index in [1.54, 1.807) is 0 Å². The fraction of sp³-hybridized carbons (Fsp3) is 0.154. The molecular formula is C78H68BN3. The highest BCUT2D eigenvalue weighted by Gasteiger charge is 2.45. The fourth-order valence-corrected chi connectivity index (χ4v) is 13.8. The molecule has 0 radical (unpaired) electrons. The lowest BCUT2D eigenvalue weighted by molar-refractivity contribution is 0.641. The molecule has 398 valence electrons. The summed E-state index contributed by atoms with van der Waals surface area (Å²) in [6.07, 6.45) is 0. The van der Waals surface area contributed by atoms with Gasteiger partial charge >= 0.3 is 0 Å². The van der Waals surface area contributed by atoms with Crippen molar-refractivity contribution in [2.45, 2.75) is 77.0 Å². The number of anilines is 6. The minimum Gasteiger partial charge on any atom is -0.311 e. The van der Waals surface area contributed by atoms with E-state index in [0.717, 1.165) is 17.1 Å². The van der Waals surface area contributed by atoms with Crippen LogP contribution in [0.1, 0.15) is 99.9 Å². The minimum atomic E-state index is -0.286. The van der Waals surface area contributed by atoms with E-state index in [4.69, 9.17) is 0 Å². The minimum absolute atomic E-state index is 0.125. The molecule has 82 heavy (non-hydrogen) atoms. The standard InChI is InChI=1S/C78H68BN3/c1-75(2,53-25-13-9-14-26-53)57-37-43-61(44-38-57)80-70-47-41-59(77(5,6)55-29-17-11-18-30-55)49-66(70)79-67-50-60(78(7,8)56-31-19-12-20-32-56)42-48-71(67)81(62-45-39-58(40-46-62)76(3,4)54-27-15-10-16-28-54)73-52-63(51-72(80)74(73)79)82-68-35-23-21-33-64(68)65-34-22-24-36-69(65)82/h9-52H,1-8H3. The fourth-order valence-electron chi connectivity index (χ4n) is 13.8. The maximum absolute atomic E-state index is 2.59. The van der Waals surface area contributed by atoms with Gasteiger partial charge in [-0.25, -0.2) is 0 Å². The molecule has 1 aromatic heterocycles. The lowest BCUT2D eigenvalue weighted by atomic mass is 9.33. The molecule has 2 aliphatic heterocycles. The number of benzene rings is 11. The Morgan fingerprint density at radius 1 is 0.256 bits per heavy atom. The summed E-state index contributed by atoms with van der Waals surface area (Å²) in [5.74, 6) is 0. The zero-order valence-electron chi connectivity index (χ0n) is 48.3. The second-order valence-corrected chi connectivity index (χ2v) is 25.0. The molecule has 0 saturated heterocycles. The van der Waals surface area contributed by atoms with E-state index < -0.39 is 0 Å². The number of hydrogen-bond donors (Lipinski definition) is 0. The zero-order chi connectivity index (χ0) is 56.1. The third kappa shape index (κ3) is 8.09. The number of fused-ring (bicyclic) bond motifs is 7. The SMILES string of the molecule is CC(C)(c1ccccc1)c1ccc(N2c3ccc(C(C)(C)c4ccccc4)cc3B3c4cc(C(C)(C)c5ccccc5)ccc4N(c4ccc(C(C)(C)c5ccccc5)cc4)c4cc(-n5c6ccccc6c6ccccc65)cc2c43)cc1. The molecule has 3 nitrogen and oxygen atoms in total. The van der Waals surface area contributed by atoms with E-state index in [1.165, 1.54) is 105 Å². The second kappa shape index (κ2) is 19.3. The van der Waals surface area contributed by atoms with E-state index in [1.807, 2.05) is 0 Å². The van der Waals surface area contributed by atoms with Crippen LogP contribution in [-0.4, -0.2) is 11.3 Å². The monoisotopic (exact) mass is 1060 g/mol. The first-order valence-electron chi connectivity index (χ1n) is 29.2. The molecule has 0 amide bonds. The molecule has 0 N–H and O–H groups in total. The number of aromatic nitrogens is 1. The average Bonchev–Trinajstić information content (AvgIpc) is 1.60. The molecular weight excluding hydrogens is 990 g/mol. The molecule has 0 spiro atoms. The van der Waals surface area contributed by atoms with Crippen LogP contribution in [0.4, 0.5) is 34.1 Å². The topological polar surface area (TPSA) is 11.4 Å². The summed E-state index contributed by atoms with van der Waals surface area (Å²) in [6, 6.07) is 100. The van der Waals surface area contributed by atoms with Crippen LogP contribution in [0.3, 0.4) is 0 Å². The number of para-hydroxylation sites is 2. The van der Waals surface area contributed by atoms with E-state index >= 15 is 0 Å². The molecule has 0 unspecified atom stereocenters. The second-order valence-electron chi connectivity index (χ2n) is 25.0. The van der Waals surface area contributed by atoms with Gasteiger partial charge in [-0.15, -0.1) is 0 Å². The highest BCUT2D eigenvalue weighted by molar-refractivity contribution is 7.00. The number of nitrogens with zero attached hydrogens (tertiary/aromatic N) is 3. The molecule has 12 aromatic rings. The normalized spacial score (nSPS) is 13.3. The van der Waals surface area contributed by atoms with Gasteiger partial charge in [0.05, 0.1) is 16.7 Å². The molecule has 0 atom stereocenters. The zero-order valence-corrected chi connectivity index (χ0v) is 48.3. The molecule has 0 aliphatic carbocycles. The first-order chi connectivity index (χ1) is 39.7. The van der Waals surface area contributed by atoms with Gasteiger partial charge in [0.1, 0.15) is 0 Å². The van der Waals surface area contributed by atoms with Gasteiger partial charge in [-0.2, -0.15) is 0 Å². The summed E-state index contributed by atoms with van der Waals surface area (Å²) < 4.78 is 2.51. The quantitative estimate of drug-likeness (QED) is 0.120. The lowest BCUT2D eigenvalue weighted by Crippen LogP contribution is -2.61. The smallest absolute Gasteiger partial charge is 0.252 e. The van der Waals surface area contributed by atoms with Crippen LogP contribution >= 0.6 is 0 Å². The third-order valence-electron chi connectivity index (χ3n) is 19.0. The van der Waals surface area contributed by atoms with Crippen molar-refractivity contribution in [1.29, 1.82) is 0 Å². The maximum atomic E-state index is 2.59. The van der Waals surface area contributed by atoms with E-state index in [9.17, 15) is 0 Å².